The van der Waals surface area contributed by atoms with Gasteiger partial charge in [0.25, 0.3) is 0 Å². The largest absolute Gasteiger partial charge is 0.368 e. The first-order valence-electron chi connectivity index (χ1n) is 5.92. The van der Waals surface area contributed by atoms with Crippen molar-refractivity contribution in [2.24, 2.45) is 5.92 Å². The molecule has 3 fully saturated rings. The molecule has 0 aromatic heterocycles. The Hall–Kier alpha value is -0.120. The second-order valence-corrected chi connectivity index (χ2v) is 4.92. The number of fused-ring (bicyclic) bond motifs is 1. The molecule has 0 aromatic rings. The average Bonchev–Trinajstić information content (AvgIpc) is 2.77. The van der Waals surface area contributed by atoms with Crippen molar-refractivity contribution >= 4 is 0 Å². The van der Waals surface area contributed by atoms with Crippen molar-refractivity contribution in [2.75, 3.05) is 13.1 Å². The number of aliphatic hydroxyl groups is 1. The van der Waals surface area contributed by atoms with Gasteiger partial charge in [-0.3, -0.25) is 0 Å². The summed E-state index contributed by atoms with van der Waals surface area (Å²) in [6.07, 6.45) is 5.90. The molecule has 2 aliphatic heterocycles. The zero-order valence-corrected chi connectivity index (χ0v) is 8.56. The molecule has 1 aliphatic carbocycles. The maximum absolute atomic E-state index is 9.45. The van der Waals surface area contributed by atoms with Crippen LogP contribution in [0.3, 0.4) is 0 Å². The van der Waals surface area contributed by atoms with Crippen LogP contribution in [-0.2, 0) is 4.74 Å². The lowest BCUT2D eigenvalue weighted by Gasteiger charge is -2.27. The fourth-order valence-corrected chi connectivity index (χ4v) is 3.51. The van der Waals surface area contributed by atoms with E-state index in [4.69, 9.17) is 4.74 Å². The highest BCUT2D eigenvalue weighted by Crippen LogP contribution is 2.41. The van der Waals surface area contributed by atoms with Crippen LogP contribution < -0.4 is 0 Å². The van der Waals surface area contributed by atoms with Gasteiger partial charge in [0.2, 0.25) is 0 Å². The van der Waals surface area contributed by atoms with E-state index in [9.17, 15) is 5.11 Å². The molecule has 0 spiro atoms. The Morgan fingerprint density at radius 3 is 2.71 bits per heavy atom. The number of aliphatic hydroxyl groups excluding tert-OH is 1. The molecule has 0 aromatic carbocycles. The van der Waals surface area contributed by atoms with Crippen molar-refractivity contribution in [3.05, 3.63) is 0 Å². The van der Waals surface area contributed by atoms with E-state index in [2.05, 4.69) is 4.90 Å². The van der Waals surface area contributed by atoms with Crippen LogP contribution in [0.5, 0.6) is 0 Å². The van der Waals surface area contributed by atoms with Crippen molar-refractivity contribution in [2.45, 2.75) is 50.5 Å². The van der Waals surface area contributed by atoms with Crippen molar-refractivity contribution in [3.8, 4) is 0 Å². The maximum Gasteiger partial charge on any atom is 0.155 e. The molecule has 2 heterocycles. The molecular formula is C11H19NO2. The quantitative estimate of drug-likeness (QED) is 0.680. The van der Waals surface area contributed by atoms with Crippen LogP contribution in [0.1, 0.15) is 32.1 Å². The summed E-state index contributed by atoms with van der Waals surface area (Å²) in [5, 5.41) is 9.45. The van der Waals surface area contributed by atoms with Crippen LogP contribution >= 0.6 is 0 Å². The number of ether oxygens (including phenoxy) is 1. The van der Waals surface area contributed by atoms with Gasteiger partial charge < -0.3 is 14.7 Å². The molecule has 1 unspecified atom stereocenters. The molecule has 3 rings (SSSR count). The van der Waals surface area contributed by atoms with Gasteiger partial charge in [-0.15, -0.1) is 0 Å². The molecule has 1 N–H and O–H groups in total. The predicted octanol–water partition coefficient (Wildman–Crippen LogP) is 0.968. The first-order valence-corrected chi connectivity index (χ1v) is 5.92. The van der Waals surface area contributed by atoms with E-state index in [1.807, 2.05) is 0 Å². The summed E-state index contributed by atoms with van der Waals surface area (Å²) in [6.45, 7) is 2.54. The number of rotatable bonds is 1. The smallest absolute Gasteiger partial charge is 0.155 e. The van der Waals surface area contributed by atoms with Crippen LogP contribution in [-0.4, -0.2) is 41.5 Å². The highest BCUT2D eigenvalue weighted by atomic mass is 16.6. The first kappa shape index (κ1) is 9.13. The van der Waals surface area contributed by atoms with Crippen LogP contribution in [0.2, 0.25) is 0 Å². The molecule has 2 saturated heterocycles. The average molecular weight is 197 g/mol. The Kier molecular flexibility index (Phi) is 2.26. The first-order chi connectivity index (χ1) is 6.84. The molecule has 14 heavy (non-hydrogen) atoms. The summed E-state index contributed by atoms with van der Waals surface area (Å²) < 4.78 is 5.50. The topological polar surface area (TPSA) is 32.7 Å². The predicted molar refractivity (Wildman–Crippen MR) is 52.8 cm³/mol. The van der Waals surface area contributed by atoms with Crippen LogP contribution in [0.4, 0.5) is 0 Å². The van der Waals surface area contributed by atoms with Gasteiger partial charge in [0.05, 0.1) is 6.10 Å². The van der Waals surface area contributed by atoms with Gasteiger partial charge in [-0.2, -0.15) is 0 Å². The van der Waals surface area contributed by atoms with Gasteiger partial charge in [0, 0.05) is 18.4 Å². The van der Waals surface area contributed by atoms with Crippen molar-refractivity contribution < 1.29 is 9.84 Å². The van der Waals surface area contributed by atoms with E-state index in [0.717, 1.165) is 12.8 Å². The van der Waals surface area contributed by atoms with Crippen molar-refractivity contribution in [1.29, 1.82) is 0 Å². The minimum atomic E-state index is -0.476. The van der Waals surface area contributed by atoms with E-state index < -0.39 is 6.29 Å². The van der Waals surface area contributed by atoms with Crippen LogP contribution in [0.15, 0.2) is 0 Å². The van der Waals surface area contributed by atoms with Crippen LogP contribution in [0.25, 0.3) is 0 Å². The van der Waals surface area contributed by atoms with E-state index in [-0.39, 0.29) is 0 Å². The van der Waals surface area contributed by atoms with Crippen molar-refractivity contribution in [1.82, 2.24) is 4.90 Å². The summed E-state index contributed by atoms with van der Waals surface area (Å²) in [4.78, 5) is 2.62. The highest BCUT2D eigenvalue weighted by molar-refractivity contribution is 4.96. The Morgan fingerprint density at radius 1 is 1.14 bits per heavy atom. The SMILES string of the molecule is OC1C[C@H]2[C@H](N3CCCC3)CC[C@H]2O1. The van der Waals surface area contributed by atoms with E-state index in [1.165, 1.54) is 32.4 Å². The van der Waals surface area contributed by atoms with Gasteiger partial charge in [-0.1, -0.05) is 0 Å². The van der Waals surface area contributed by atoms with Crippen molar-refractivity contribution in [3.63, 3.8) is 0 Å². The Labute approximate surface area is 85.0 Å². The summed E-state index contributed by atoms with van der Waals surface area (Å²) in [6, 6.07) is 0.708. The van der Waals surface area contributed by atoms with Crippen LogP contribution in [0, 0.1) is 5.92 Å². The third-order valence-electron chi connectivity index (χ3n) is 4.13. The summed E-state index contributed by atoms with van der Waals surface area (Å²) in [5.41, 5.74) is 0. The molecular weight excluding hydrogens is 178 g/mol. The third-order valence-corrected chi connectivity index (χ3v) is 4.13. The molecule has 0 bridgehead atoms. The standard InChI is InChI=1S/C11H19NO2/c13-11-7-8-9(3-4-10(8)14-11)12-5-1-2-6-12/h8-11,13H,1-7H2/t8-,9+,10+,11?/m0/s1. The number of hydrogen-bond acceptors (Lipinski definition) is 3. The van der Waals surface area contributed by atoms with Gasteiger partial charge >= 0.3 is 0 Å². The van der Waals surface area contributed by atoms with Gasteiger partial charge in [-0.05, 0) is 38.8 Å². The van der Waals surface area contributed by atoms with Gasteiger partial charge in [0.15, 0.2) is 6.29 Å². The highest BCUT2D eigenvalue weighted by Gasteiger charge is 2.46. The lowest BCUT2D eigenvalue weighted by atomic mass is 9.99. The lowest BCUT2D eigenvalue weighted by Crippen LogP contribution is -2.36. The second kappa shape index (κ2) is 3.47. The molecule has 0 amide bonds. The fourth-order valence-electron chi connectivity index (χ4n) is 3.51. The van der Waals surface area contributed by atoms with E-state index >= 15 is 0 Å². The Balaban J connectivity index is 1.69. The zero-order valence-electron chi connectivity index (χ0n) is 8.56. The molecule has 80 valence electrons. The van der Waals surface area contributed by atoms with E-state index in [1.54, 1.807) is 0 Å². The maximum atomic E-state index is 9.45. The minimum Gasteiger partial charge on any atom is -0.368 e. The summed E-state index contributed by atoms with van der Waals surface area (Å²) in [5.74, 6) is 0.614. The second-order valence-electron chi connectivity index (χ2n) is 4.92. The molecule has 4 atom stereocenters. The van der Waals surface area contributed by atoms with Gasteiger partial charge in [0.1, 0.15) is 0 Å². The molecule has 1 saturated carbocycles. The third kappa shape index (κ3) is 1.38. The van der Waals surface area contributed by atoms with Gasteiger partial charge in [-0.25, -0.2) is 0 Å². The zero-order chi connectivity index (χ0) is 9.54. The Bertz CT molecular complexity index is 215. The summed E-state index contributed by atoms with van der Waals surface area (Å²) >= 11 is 0. The summed E-state index contributed by atoms with van der Waals surface area (Å²) in [7, 11) is 0. The Morgan fingerprint density at radius 2 is 1.93 bits per heavy atom. The number of nitrogens with zero attached hydrogens (tertiary/aromatic N) is 1. The van der Waals surface area contributed by atoms with E-state index in [0.29, 0.717) is 18.1 Å². The minimum absolute atomic E-state index is 0.357. The molecule has 0 radical (unpaired) electrons. The molecule has 3 heteroatoms. The molecule has 3 aliphatic rings. The number of hydrogen-bond donors (Lipinski definition) is 1. The lowest BCUT2D eigenvalue weighted by molar-refractivity contribution is -0.0906. The monoisotopic (exact) mass is 197 g/mol. The fraction of sp³-hybridized carbons (Fsp3) is 1.00. The number of likely N-dealkylation sites (tertiary alicyclic amines) is 1. The molecule has 3 nitrogen and oxygen atoms in total. The normalized spacial score (nSPS) is 48.6.